The van der Waals surface area contributed by atoms with Crippen molar-refractivity contribution in [3.8, 4) is 0 Å². The molecule has 0 aliphatic rings. The van der Waals surface area contributed by atoms with Crippen molar-refractivity contribution in [2.45, 2.75) is 44.3 Å². The van der Waals surface area contributed by atoms with Crippen molar-refractivity contribution in [2.24, 2.45) is 0 Å². The molecule has 27 heavy (non-hydrogen) atoms. The first-order valence-corrected chi connectivity index (χ1v) is 10.7. The molecule has 0 aliphatic heterocycles. The zero-order chi connectivity index (χ0) is 19.8. The van der Waals surface area contributed by atoms with Crippen LogP contribution in [0.3, 0.4) is 0 Å². The van der Waals surface area contributed by atoms with Gasteiger partial charge in [-0.2, -0.15) is 0 Å². The molecule has 2 aromatic rings. The maximum absolute atomic E-state index is 13.0. The maximum atomic E-state index is 13.0. The molecular weight excluding hydrogens is 424 g/mol. The number of nitrogens with one attached hydrogen (secondary N) is 1. The zero-order valence-electron chi connectivity index (χ0n) is 15.8. The Kier molecular flexibility index (Phi) is 8.38. The summed E-state index contributed by atoms with van der Waals surface area (Å²) < 4.78 is 0.949. The summed E-state index contributed by atoms with van der Waals surface area (Å²) in [5, 5.41) is 2.90. The Labute approximate surface area is 173 Å². The normalized spacial score (nSPS) is 11.9. The molecule has 2 amide bonds. The molecule has 0 saturated heterocycles. The van der Waals surface area contributed by atoms with Gasteiger partial charge in [-0.05, 0) is 50.6 Å². The summed E-state index contributed by atoms with van der Waals surface area (Å²) in [6.07, 6.45) is 0. The Morgan fingerprint density at radius 3 is 2.41 bits per heavy atom. The van der Waals surface area contributed by atoms with Crippen molar-refractivity contribution in [3.05, 3.63) is 64.6 Å². The lowest BCUT2D eigenvalue weighted by atomic mass is 10.1. The van der Waals surface area contributed by atoms with Gasteiger partial charge in [-0.25, -0.2) is 0 Å². The molecule has 1 N–H and O–H groups in total. The van der Waals surface area contributed by atoms with Gasteiger partial charge in [0.25, 0.3) is 0 Å². The first kappa shape index (κ1) is 21.5. The standard InChI is InChI=1S/C21H25BrN2O2S/c1-15(2)23-21(26)16(3)24(13-17-8-7-9-18(22)12-17)20(25)14-27-19-10-5-4-6-11-19/h4-12,15-16H,13-14H2,1-3H3,(H,23,26)/t16-/m0/s1. The second-order valence-electron chi connectivity index (χ2n) is 6.59. The Bertz CT molecular complexity index is 768. The van der Waals surface area contributed by atoms with Crippen molar-refractivity contribution in [1.29, 1.82) is 0 Å². The second-order valence-corrected chi connectivity index (χ2v) is 8.56. The zero-order valence-corrected chi connectivity index (χ0v) is 18.2. The van der Waals surface area contributed by atoms with Crippen LogP contribution in [0.4, 0.5) is 0 Å². The van der Waals surface area contributed by atoms with E-state index in [-0.39, 0.29) is 23.6 Å². The highest BCUT2D eigenvalue weighted by molar-refractivity contribution is 9.10. The predicted octanol–water partition coefficient (Wildman–Crippen LogP) is 4.48. The molecule has 6 heteroatoms. The monoisotopic (exact) mass is 448 g/mol. The number of hydrogen-bond acceptors (Lipinski definition) is 3. The van der Waals surface area contributed by atoms with E-state index in [4.69, 9.17) is 0 Å². The van der Waals surface area contributed by atoms with Crippen LogP contribution in [0.5, 0.6) is 0 Å². The second kappa shape index (κ2) is 10.5. The molecule has 1 atom stereocenters. The van der Waals surface area contributed by atoms with Gasteiger partial charge in [-0.3, -0.25) is 9.59 Å². The minimum Gasteiger partial charge on any atom is -0.352 e. The molecule has 0 heterocycles. The van der Waals surface area contributed by atoms with Gasteiger partial charge < -0.3 is 10.2 Å². The number of carbonyl (C=O) groups is 2. The van der Waals surface area contributed by atoms with Crippen molar-refractivity contribution in [1.82, 2.24) is 10.2 Å². The third kappa shape index (κ3) is 7.03. The molecule has 0 aliphatic carbocycles. The molecule has 0 saturated carbocycles. The van der Waals surface area contributed by atoms with E-state index in [1.54, 1.807) is 11.8 Å². The van der Waals surface area contributed by atoms with E-state index in [1.165, 1.54) is 11.8 Å². The Morgan fingerprint density at radius 1 is 1.07 bits per heavy atom. The van der Waals surface area contributed by atoms with E-state index in [2.05, 4.69) is 21.2 Å². The first-order valence-electron chi connectivity index (χ1n) is 8.89. The quantitative estimate of drug-likeness (QED) is 0.605. The average Bonchev–Trinajstić information content (AvgIpc) is 2.64. The predicted molar refractivity (Wildman–Crippen MR) is 115 cm³/mol. The molecule has 0 unspecified atom stereocenters. The molecule has 0 spiro atoms. The fourth-order valence-corrected chi connectivity index (χ4v) is 3.82. The van der Waals surface area contributed by atoms with Gasteiger partial charge in [0.1, 0.15) is 6.04 Å². The number of benzene rings is 2. The van der Waals surface area contributed by atoms with Gasteiger partial charge in [0.05, 0.1) is 5.75 Å². The fourth-order valence-electron chi connectivity index (χ4n) is 2.56. The van der Waals surface area contributed by atoms with Crippen molar-refractivity contribution < 1.29 is 9.59 Å². The highest BCUT2D eigenvalue weighted by atomic mass is 79.9. The average molecular weight is 449 g/mol. The molecule has 4 nitrogen and oxygen atoms in total. The van der Waals surface area contributed by atoms with Crippen LogP contribution in [0.2, 0.25) is 0 Å². The molecule has 144 valence electrons. The minimum absolute atomic E-state index is 0.0291. The van der Waals surface area contributed by atoms with Gasteiger partial charge in [0, 0.05) is 22.0 Å². The lowest BCUT2D eigenvalue weighted by Gasteiger charge is -2.29. The van der Waals surface area contributed by atoms with Crippen LogP contribution >= 0.6 is 27.7 Å². The fraction of sp³-hybridized carbons (Fsp3) is 0.333. The van der Waals surface area contributed by atoms with Gasteiger partial charge >= 0.3 is 0 Å². The summed E-state index contributed by atoms with van der Waals surface area (Å²) >= 11 is 4.94. The van der Waals surface area contributed by atoms with E-state index in [0.717, 1.165) is 14.9 Å². The number of thioether (sulfide) groups is 1. The van der Waals surface area contributed by atoms with E-state index < -0.39 is 6.04 Å². The summed E-state index contributed by atoms with van der Waals surface area (Å²) in [5.41, 5.74) is 0.978. The molecular formula is C21H25BrN2O2S. The minimum atomic E-state index is -0.546. The molecule has 0 fully saturated rings. The highest BCUT2D eigenvalue weighted by Crippen LogP contribution is 2.20. The lowest BCUT2D eigenvalue weighted by Crippen LogP contribution is -2.49. The first-order chi connectivity index (χ1) is 12.9. The highest BCUT2D eigenvalue weighted by Gasteiger charge is 2.26. The van der Waals surface area contributed by atoms with Crippen LogP contribution in [0.25, 0.3) is 0 Å². The Morgan fingerprint density at radius 2 is 1.78 bits per heavy atom. The largest absolute Gasteiger partial charge is 0.352 e. The van der Waals surface area contributed by atoms with Crippen molar-refractivity contribution in [3.63, 3.8) is 0 Å². The van der Waals surface area contributed by atoms with Gasteiger partial charge in [0.15, 0.2) is 0 Å². The van der Waals surface area contributed by atoms with E-state index in [9.17, 15) is 9.59 Å². The molecule has 0 radical (unpaired) electrons. The number of nitrogens with zero attached hydrogens (tertiary/aromatic N) is 1. The van der Waals surface area contributed by atoms with Gasteiger partial charge in [0.2, 0.25) is 11.8 Å². The topological polar surface area (TPSA) is 49.4 Å². The Balaban J connectivity index is 2.14. The van der Waals surface area contributed by atoms with Crippen LogP contribution in [-0.2, 0) is 16.1 Å². The molecule has 0 bridgehead atoms. The number of rotatable bonds is 8. The van der Waals surface area contributed by atoms with Crippen molar-refractivity contribution >= 4 is 39.5 Å². The smallest absolute Gasteiger partial charge is 0.242 e. The third-order valence-electron chi connectivity index (χ3n) is 3.95. The summed E-state index contributed by atoms with van der Waals surface area (Å²) in [4.78, 5) is 28.1. The number of hydrogen-bond donors (Lipinski definition) is 1. The number of amides is 2. The Hall–Kier alpha value is -1.79. The van der Waals surface area contributed by atoms with Crippen LogP contribution in [0.15, 0.2) is 64.0 Å². The van der Waals surface area contributed by atoms with Crippen LogP contribution in [-0.4, -0.2) is 34.6 Å². The van der Waals surface area contributed by atoms with Crippen LogP contribution < -0.4 is 5.32 Å². The molecule has 2 aromatic carbocycles. The van der Waals surface area contributed by atoms with Gasteiger partial charge in [-0.1, -0.05) is 46.3 Å². The summed E-state index contributed by atoms with van der Waals surface area (Å²) in [7, 11) is 0. The molecule has 0 aromatic heterocycles. The number of halogens is 1. The summed E-state index contributed by atoms with van der Waals surface area (Å²) in [6, 6.07) is 17.1. The summed E-state index contributed by atoms with van der Waals surface area (Å²) in [5.74, 6) is 0.0883. The maximum Gasteiger partial charge on any atom is 0.242 e. The van der Waals surface area contributed by atoms with Crippen LogP contribution in [0, 0.1) is 0 Å². The van der Waals surface area contributed by atoms with E-state index >= 15 is 0 Å². The SMILES string of the molecule is CC(C)NC(=O)[C@H](C)N(Cc1cccc(Br)c1)C(=O)CSc1ccccc1. The van der Waals surface area contributed by atoms with E-state index in [1.807, 2.05) is 68.4 Å². The number of carbonyl (C=O) groups excluding carboxylic acids is 2. The summed E-state index contributed by atoms with van der Waals surface area (Å²) in [6.45, 7) is 5.99. The van der Waals surface area contributed by atoms with Gasteiger partial charge in [-0.15, -0.1) is 11.8 Å². The van der Waals surface area contributed by atoms with E-state index in [0.29, 0.717) is 6.54 Å². The van der Waals surface area contributed by atoms with Crippen molar-refractivity contribution in [2.75, 3.05) is 5.75 Å². The lowest BCUT2D eigenvalue weighted by molar-refractivity contribution is -0.138. The van der Waals surface area contributed by atoms with Crippen LogP contribution in [0.1, 0.15) is 26.3 Å². The molecule has 2 rings (SSSR count). The third-order valence-corrected chi connectivity index (χ3v) is 5.44.